The largest absolute Gasteiger partial charge is 0.490 e. The Hall–Kier alpha value is -2.69. The summed E-state index contributed by atoms with van der Waals surface area (Å²) in [5, 5.41) is 2.99. The lowest BCUT2D eigenvalue weighted by atomic mass is 10.2. The highest BCUT2D eigenvalue weighted by Gasteiger charge is 2.12. The molecule has 5 heteroatoms. The predicted molar refractivity (Wildman–Crippen MR) is 110 cm³/mol. The summed E-state index contributed by atoms with van der Waals surface area (Å²) in [6, 6.07) is 13.7. The number of amides is 1. The summed E-state index contributed by atoms with van der Waals surface area (Å²) >= 11 is 0. The van der Waals surface area contributed by atoms with E-state index in [2.05, 4.69) is 48.3 Å². The molecule has 0 saturated carbocycles. The van der Waals surface area contributed by atoms with E-state index in [1.54, 1.807) is 18.2 Å². The summed E-state index contributed by atoms with van der Waals surface area (Å²) in [7, 11) is 0. The van der Waals surface area contributed by atoms with Crippen LogP contribution in [0.1, 0.15) is 36.7 Å². The number of hydrogen-bond acceptors (Lipinski definition) is 4. The Morgan fingerprint density at radius 3 is 2.26 bits per heavy atom. The number of likely N-dealkylation sites (N-methyl/N-ethyl adjacent to an activating group) is 1. The SMILES string of the molecule is CCOc1ccc(C(=O)NCCN(CC)c2ccc(C)cc2)cc1OCC. The van der Waals surface area contributed by atoms with Gasteiger partial charge in [0, 0.05) is 30.9 Å². The van der Waals surface area contributed by atoms with Gasteiger partial charge < -0.3 is 19.7 Å². The lowest BCUT2D eigenvalue weighted by Crippen LogP contribution is -2.35. The standard InChI is InChI=1S/C22H30N2O3/c1-5-24(19-11-8-17(4)9-12-19)15-14-23-22(25)18-10-13-20(26-6-2)21(16-18)27-7-3/h8-13,16H,5-7,14-15H2,1-4H3,(H,23,25). The van der Waals surface area contributed by atoms with Gasteiger partial charge in [0.05, 0.1) is 13.2 Å². The Labute approximate surface area is 162 Å². The van der Waals surface area contributed by atoms with Gasteiger partial charge in [0.2, 0.25) is 0 Å². The molecule has 0 unspecified atom stereocenters. The number of anilines is 1. The molecule has 146 valence electrons. The molecule has 1 amide bonds. The zero-order valence-corrected chi connectivity index (χ0v) is 16.7. The number of nitrogens with zero attached hydrogens (tertiary/aromatic N) is 1. The molecular weight excluding hydrogens is 340 g/mol. The maximum Gasteiger partial charge on any atom is 0.251 e. The Bertz CT molecular complexity index is 729. The minimum absolute atomic E-state index is 0.112. The third-order valence-corrected chi connectivity index (χ3v) is 4.25. The first-order valence-corrected chi connectivity index (χ1v) is 9.58. The summed E-state index contributed by atoms with van der Waals surface area (Å²) in [5.41, 5.74) is 2.97. The molecule has 0 saturated heterocycles. The summed E-state index contributed by atoms with van der Waals surface area (Å²) in [4.78, 5) is 14.7. The number of nitrogens with one attached hydrogen (secondary N) is 1. The van der Waals surface area contributed by atoms with Crippen LogP contribution < -0.4 is 19.7 Å². The zero-order valence-electron chi connectivity index (χ0n) is 16.7. The van der Waals surface area contributed by atoms with Gasteiger partial charge in [-0.3, -0.25) is 4.79 Å². The van der Waals surface area contributed by atoms with Gasteiger partial charge in [0.25, 0.3) is 5.91 Å². The maximum atomic E-state index is 12.5. The van der Waals surface area contributed by atoms with Gasteiger partial charge in [-0.25, -0.2) is 0 Å². The first kappa shape index (κ1) is 20.6. The Morgan fingerprint density at radius 1 is 0.963 bits per heavy atom. The minimum Gasteiger partial charge on any atom is -0.490 e. The molecule has 5 nitrogen and oxygen atoms in total. The van der Waals surface area contributed by atoms with Gasteiger partial charge >= 0.3 is 0 Å². The fourth-order valence-electron chi connectivity index (χ4n) is 2.82. The summed E-state index contributed by atoms with van der Waals surface area (Å²) in [6.45, 7) is 11.3. The second kappa shape index (κ2) is 10.5. The average Bonchev–Trinajstić information content (AvgIpc) is 2.68. The quantitative estimate of drug-likeness (QED) is 0.685. The monoisotopic (exact) mass is 370 g/mol. The highest BCUT2D eigenvalue weighted by Crippen LogP contribution is 2.28. The molecule has 0 fully saturated rings. The first-order chi connectivity index (χ1) is 13.1. The summed E-state index contributed by atoms with van der Waals surface area (Å²) in [5.74, 6) is 1.15. The second-order valence-electron chi connectivity index (χ2n) is 6.20. The number of benzene rings is 2. The van der Waals surface area contributed by atoms with Crippen molar-refractivity contribution in [1.29, 1.82) is 0 Å². The topological polar surface area (TPSA) is 50.8 Å². The van der Waals surface area contributed by atoms with Gasteiger partial charge in [-0.05, 0) is 58.0 Å². The number of ether oxygens (including phenoxy) is 2. The molecular formula is C22H30N2O3. The van der Waals surface area contributed by atoms with E-state index < -0.39 is 0 Å². The zero-order chi connectivity index (χ0) is 19.6. The highest BCUT2D eigenvalue weighted by molar-refractivity contribution is 5.94. The van der Waals surface area contributed by atoms with E-state index in [4.69, 9.17) is 9.47 Å². The number of carbonyl (C=O) groups excluding carboxylic acids is 1. The van der Waals surface area contributed by atoms with Crippen LogP contribution in [0.2, 0.25) is 0 Å². The molecule has 2 aromatic rings. The van der Waals surface area contributed by atoms with Gasteiger partial charge in [-0.1, -0.05) is 17.7 Å². The number of carbonyl (C=O) groups is 1. The van der Waals surface area contributed by atoms with Crippen LogP contribution in [0.4, 0.5) is 5.69 Å². The fraction of sp³-hybridized carbons (Fsp3) is 0.409. The molecule has 0 atom stereocenters. The van der Waals surface area contributed by atoms with Crippen molar-refractivity contribution in [2.75, 3.05) is 37.7 Å². The Morgan fingerprint density at radius 2 is 1.63 bits per heavy atom. The summed E-state index contributed by atoms with van der Waals surface area (Å²) < 4.78 is 11.1. The third kappa shape index (κ3) is 5.91. The van der Waals surface area contributed by atoms with E-state index in [1.807, 2.05) is 13.8 Å². The van der Waals surface area contributed by atoms with Crippen LogP contribution in [0, 0.1) is 6.92 Å². The first-order valence-electron chi connectivity index (χ1n) is 9.58. The van der Waals surface area contributed by atoms with Gasteiger partial charge in [0.1, 0.15) is 0 Å². The smallest absolute Gasteiger partial charge is 0.251 e. The van der Waals surface area contributed by atoms with Crippen LogP contribution in [0.25, 0.3) is 0 Å². The molecule has 27 heavy (non-hydrogen) atoms. The number of hydrogen-bond donors (Lipinski definition) is 1. The van der Waals surface area contributed by atoms with E-state index >= 15 is 0 Å². The Kier molecular flexibility index (Phi) is 7.99. The lowest BCUT2D eigenvalue weighted by Gasteiger charge is -2.23. The number of aryl methyl sites for hydroxylation is 1. The normalized spacial score (nSPS) is 10.4. The van der Waals surface area contributed by atoms with E-state index in [1.165, 1.54) is 5.56 Å². The molecule has 1 N–H and O–H groups in total. The molecule has 0 aliphatic heterocycles. The van der Waals surface area contributed by atoms with Crippen LogP contribution in [-0.4, -0.2) is 38.8 Å². The molecule has 0 aromatic heterocycles. The van der Waals surface area contributed by atoms with E-state index in [9.17, 15) is 4.79 Å². The van der Waals surface area contributed by atoms with Gasteiger partial charge in [0.15, 0.2) is 11.5 Å². The van der Waals surface area contributed by atoms with Crippen molar-refractivity contribution < 1.29 is 14.3 Å². The number of rotatable bonds is 10. The average molecular weight is 370 g/mol. The third-order valence-electron chi connectivity index (χ3n) is 4.25. The predicted octanol–water partition coefficient (Wildman–Crippen LogP) is 4.05. The van der Waals surface area contributed by atoms with Crippen LogP contribution in [0.5, 0.6) is 11.5 Å². The van der Waals surface area contributed by atoms with Crippen LogP contribution in [-0.2, 0) is 0 Å². The Balaban J connectivity index is 1.96. The van der Waals surface area contributed by atoms with Crippen molar-refractivity contribution in [3.05, 3.63) is 53.6 Å². The molecule has 0 radical (unpaired) electrons. The molecule has 2 aromatic carbocycles. The van der Waals surface area contributed by atoms with E-state index in [0.29, 0.717) is 36.8 Å². The van der Waals surface area contributed by atoms with E-state index in [0.717, 1.165) is 18.8 Å². The molecule has 0 aliphatic carbocycles. The van der Waals surface area contributed by atoms with Crippen LogP contribution >= 0.6 is 0 Å². The highest BCUT2D eigenvalue weighted by atomic mass is 16.5. The van der Waals surface area contributed by atoms with Crippen LogP contribution in [0.3, 0.4) is 0 Å². The van der Waals surface area contributed by atoms with Crippen molar-refractivity contribution in [2.24, 2.45) is 0 Å². The summed E-state index contributed by atoms with van der Waals surface area (Å²) in [6.07, 6.45) is 0. The van der Waals surface area contributed by atoms with Crippen molar-refractivity contribution >= 4 is 11.6 Å². The molecule has 2 rings (SSSR count). The fourth-order valence-corrected chi connectivity index (χ4v) is 2.82. The van der Waals surface area contributed by atoms with E-state index in [-0.39, 0.29) is 5.91 Å². The van der Waals surface area contributed by atoms with Gasteiger partial charge in [-0.15, -0.1) is 0 Å². The van der Waals surface area contributed by atoms with Crippen molar-refractivity contribution in [3.8, 4) is 11.5 Å². The lowest BCUT2D eigenvalue weighted by molar-refractivity contribution is 0.0954. The molecule has 0 spiro atoms. The second-order valence-corrected chi connectivity index (χ2v) is 6.20. The van der Waals surface area contributed by atoms with Crippen molar-refractivity contribution in [1.82, 2.24) is 5.32 Å². The maximum absolute atomic E-state index is 12.5. The molecule has 0 heterocycles. The van der Waals surface area contributed by atoms with Crippen molar-refractivity contribution in [2.45, 2.75) is 27.7 Å². The van der Waals surface area contributed by atoms with Crippen molar-refractivity contribution in [3.63, 3.8) is 0 Å². The van der Waals surface area contributed by atoms with Gasteiger partial charge in [-0.2, -0.15) is 0 Å². The molecule has 0 bridgehead atoms. The molecule has 0 aliphatic rings. The minimum atomic E-state index is -0.112. The van der Waals surface area contributed by atoms with Crippen LogP contribution in [0.15, 0.2) is 42.5 Å².